The molecular weight excluding hydrogens is 530 g/mol. The van der Waals surface area contributed by atoms with Crippen LogP contribution in [-0.4, -0.2) is 36.0 Å². The predicted molar refractivity (Wildman–Crippen MR) is 149 cm³/mol. The number of ketones is 1. The zero-order chi connectivity index (χ0) is 24.7. The number of hydrogen-bond donors (Lipinski definition) is 1. The molecule has 0 spiro atoms. The first-order chi connectivity index (χ1) is 15.2. The molecule has 0 aliphatic heterocycles. The SMILES string of the molecule is C[C@H](N[S@@](=O)C(C)(C)C)c1csc(C(=O)c2cn(C(=O)OC(C)(C)C)c3cc(F)ccc23)n1.S.S. The fourth-order valence-electron chi connectivity index (χ4n) is 2.95. The van der Waals surface area contributed by atoms with Crippen molar-refractivity contribution in [2.75, 3.05) is 0 Å². The number of nitrogens with one attached hydrogen (secondary N) is 1. The van der Waals surface area contributed by atoms with Crippen LogP contribution >= 0.6 is 38.3 Å². The molecule has 3 rings (SSSR count). The summed E-state index contributed by atoms with van der Waals surface area (Å²) in [6.07, 6.45) is 0.650. The molecule has 1 aromatic carbocycles. The highest BCUT2D eigenvalue weighted by atomic mass is 32.2. The van der Waals surface area contributed by atoms with Crippen molar-refractivity contribution in [1.29, 1.82) is 0 Å². The molecule has 0 aliphatic rings. The minimum atomic E-state index is -1.30. The number of hydrogen-bond acceptors (Lipinski definition) is 6. The molecule has 7 nitrogen and oxygen atoms in total. The predicted octanol–water partition coefficient (Wildman–Crippen LogP) is 5.59. The van der Waals surface area contributed by atoms with Gasteiger partial charge in [0, 0.05) is 17.0 Å². The van der Waals surface area contributed by atoms with Crippen molar-refractivity contribution in [3.8, 4) is 0 Å². The standard InChI is InChI=1S/C23H28FN3O4S2.2H2S/c1-13(26-33(30)23(5,6)7)17-12-32-20(25-17)19(28)16-11-27(21(29)31-22(2,3)4)18-10-14(24)8-9-15(16)18;;/h8-13,26H,1-7H3;2*1H2/t13-,33-;;/m0../s1. The van der Waals surface area contributed by atoms with E-state index < -0.39 is 39.0 Å². The molecule has 1 N–H and O–H groups in total. The smallest absolute Gasteiger partial charge is 0.419 e. The van der Waals surface area contributed by atoms with Crippen LogP contribution in [0.5, 0.6) is 0 Å². The molecule has 2 heterocycles. The van der Waals surface area contributed by atoms with Crippen molar-refractivity contribution in [3.63, 3.8) is 0 Å². The lowest BCUT2D eigenvalue weighted by atomic mass is 10.1. The van der Waals surface area contributed by atoms with Gasteiger partial charge in [-0.25, -0.2) is 23.1 Å². The summed E-state index contributed by atoms with van der Waals surface area (Å²) >= 11 is 1.16. The van der Waals surface area contributed by atoms with Gasteiger partial charge in [0.05, 0.1) is 38.5 Å². The van der Waals surface area contributed by atoms with Gasteiger partial charge in [-0.1, -0.05) is 0 Å². The molecule has 0 bridgehead atoms. The maximum Gasteiger partial charge on any atom is 0.419 e. The van der Waals surface area contributed by atoms with Crippen LogP contribution in [0.1, 0.15) is 75.6 Å². The maximum atomic E-state index is 13.9. The second-order valence-electron chi connectivity index (χ2n) is 9.68. The van der Waals surface area contributed by atoms with E-state index in [0.29, 0.717) is 11.1 Å². The van der Waals surface area contributed by atoms with E-state index in [-0.39, 0.29) is 49.1 Å². The first-order valence-corrected chi connectivity index (χ1v) is 12.4. The Labute approximate surface area is 225 Å². The van der Waals surface area contributed by atoms with E-state index in [4.69, 9.17) is 4.74 Å². The van der Waals surface area contributed by atoms with E-state index in [2.05, 4.69) is 9.71 Å². The lowest BCUT2D eigenvalue weighted by Gasteiger charge is -2.21. The minimum absolute atomic E-state index is 0. The average molecular weight is 562 g/mol. The third-order valence-electron chi connectivity index (χ3n) is 4.60. The zero-order valence-corrected chi connectivity index (χ0v) is 24.3. The number of fused-ring (bicyclic) bond motifs is 1. The summed E-state index contributed by atoms with van der Waals surface area (Å²) < 4.78 is 35.4. The number of halogens is 1. The Morgan fingerprint density at radius 2 is 1.80 bits per heavy atom. The summed E-state index contributed by atoms with van der Waals surface area (Å²) in [5, 5.41) is 2.37. The number of thiazole rings is 1. The van der Waals surface area contributed by atoms with Crippen molar-refractivity contribution in [2.45, 2.75) is 64.9 Å². The Bertz CT molecular complexity index is 1240. The number of carbonyl (C=O) groups excluding carboxylic acids is 2. The summed E-state index contributed by atoms with van der Waals surface area (Å²) in [4.78, 5) is 30.4. The van der Waals surface area contributed by atoms with Gasteiger partial charge in [-0.05, 0) is 66.7 Å². The molecule has 0 radical (unpaired) electrons. The van der Waals surface area contributed by atoms with Gasteiger partial charge in [0.1, 0.15) is 11.4 Å². The van der Waals surface area contributed by atoms with E-state index in [0.717, 1.165) is 15.9 Å². The Morgan fingerprint density at radius 3 is 2.37 bits per heavy atom. The second kappa shape index (κ2) is 11.5. The van der Waals surface area contributed by atoms with Crippen LogP contribution in [0, 0.1) is 5.82 Å². The summed E-state index contributed by atoms with van der Waals surface area (Å²) in [6, 6.07) is 3.56. The van der Waals surface area contributed by atoms with E-state index in [1.54, 1.807) is 26.2 Å². The Kier molecular flexibility index (Phi) is 10.3. The molecule has 2 atom stereocenters. The number of rotatable bonds is 5. The largest absolute Gasteiger partial charge is 0.443 e. The van der Waals surface area contributed by atoms with Gasteiger partial charge in [-0.3, -0.25) is 9.36 Å². The molecular formula is C23H32FN3O4S4. The number of nitrogens with zero attached hydrogens (tertiary/aromatic N) is 2. The fourth-order valence-corrected chi connectivity index (χ4v) is 4.61. The molecule has 0 fully saturated rings. The maximum absolute atomic E-state index is 13.9. The van der Waals surface area contributed by atoms with Gasteiger partial charge in [-0.15, -0.1) is 11.3 Å². The summed E-state index contributed by atoms with van der Waals surface area (Å²) in [6.45, 7) is 12.6. The lowest BCUT2D eigenvalue weighted by molar-refractivity contribution is 0.0544. The highest BCUT2D eigenvalue weighted by Crippen LogP contribution is 2.28. The van der Waals surface area contributed by atoms with Gasteiger partial charge >= 0.3 is 6.09 Å². The topological polar surface area (TPSA) is 90.3 Å². The number of ether oxygens (including phenoxy) is 1. The molecule has 0 unspecified atom stereocenters. The molecule has 0 saturated heterocycles. The third kappa shape index (κ3) is 7.39. The number of benzene rings is 1. The van der Waals surface area contributed by atoms with Gasteiger partial charge in [-0.2, -0.15) is 27.0 Å². The highest BCUT2D eigenvalue weighted by Gasteiger charge is 2.27. The van der Waals surface area contributed by atoms with Gasteiger partial charge in [0.25, 0.3) is 0 Å². The molecule has 2 aromatic heterocycles. The Balaban J connectivity index is 0.00000306. The van der Waals surface area contributed by atoms with Crippen molar-refractivity contribution in [2.24, 2.45) is 0 Å². The van der Waals surface area contributed by atoms with Crippen LogP contribution in [0.4, 0.5) is 9.18 Å². The first-order valence-electron chi connectivity index (χ1n) is 10.4. The van der Waals surface area contributed by atoms with E-state index in [1.807, 2.05) is 27.7 Å². The monoisotopic (exact) mass is 561 g/mol. The number of aromatic nitrogens is 2. The van der Waals surface area contributed by atoms with Gasteiger partial charge in [0.2, 0.25) is 5.78 Å². The molecule has 35 heavy (non-hydrogen) atoms. The summed E-state index contributed by atoms with van der Waals surface area (Å²) in [7, 11) is -1.30. The van der Waals surface area contributed by atoms with Crippen LogP contribution in [0.2, 0.25) is 0 Å². The van der Waals surface area contributed by atoms with Crippen molar-refractivity contribution >= 4 is 72.1 Å². The van der Waals surface area contributed by atoms with Crippen molar-refractivity contribution in [3.05, 3.63) is 51.9 Å². The Morgan fingerprint density at radius 1 is 1.17 bits per heavy atom. The van der Waals surface area contributed by atoms with Crippen LogP contribution in [0.3, 0.4) is 0 Å². The van der Waals surface area contributed by atoms with Crippen molar-refractivity contribution in [1.82, 2.24) is 14.3 Å². The van der Waals surface area contributed by atoms with Crippen LogP contribution in [-0.2, 0) is 15.7 Å². The van der Waals surface area contributed by atoms with Crippen LogP contribution in [0.25, 0.3) is 10.9 Å². The highest BCUT2D eigenvalue weighted by molar-refractivity contribution is 7.84. The molecule has 0 aliphatic carbocycles. The zero-order valence-electron chi connectivity index (χ0n) is 20.7. The van der Waals surface area contributed by atoms with E-state index >= 15 is 0 Å². The first kappa shape index (κ1) is 31.3. The quantitative estimate of drug-likeness (QED) is 0.410. The van der Waals surface area contributed by atoms with Gasteiger partial charge in [0.15, 0.2) is 5.01 Å². The van der Waals surface area contributed by atoms with Crippen LogP contribution in [0.15, 0.2) is 29.8 Å². The molecule has 194 valence electrons. The minimum Gasteiger partial charge on any atom is -0.443 e. The fraction of sp³-hybridized carbons (Fsp3) is 0.435. The normalized spacial score (nSPS) is 13.5. The summed E-state index contributed by atoms with van der Waals surface area (Å²) in [5.74, 6) is -0.929. The average Bonchev–Trinajstić information content (AvgIpc) is 3.30. The molecule has 3 aromatic rings. The van der Waals surface area contributed by atoms with Gasteiger partial charge < -0.3 is 4.74 Å². The lowest BCUT2D eigenvalue weighted by Crippen LogP contribution is -2.34. The molecule has 0 amide bonds. The molecule has 0 saturated carbocycles. The van der Waals surface area contributed by atoms with Crippen LogP contribution < -0.4 is 4.72 Å². The molecule has 12 heteroatoms. The van der Waals surface area contributed by atoms with Crippen molar-refractivity contribution < 1.29 is 22.9 Å². The Hall–Kier alpha value is -1.73. The second-order valence-corrected chi connectivity index (χ2v) is 12.5. The van der Waals surface area contributed by atoms with E-state index in [9.17, 15) is 18.2 Å². The van der Waals surface area contributed by atoms with E-state index in [1.165, 1.54) is 24.4 Å². The summed E-state index contributed by atoms with van der Waals surface area (Å²) in [5.41, 5.74) is 0.282. The third-order valence-corrected chi connectivity index (χ3v) is 7.14. The number of carbonyl (C=O) groups is 2.